The SMILES string of the molecule is O=C(CCn1c(=O)c(N2CCCCC2)nc2ccccc21)Nc1cccc2c1CCCC2. The number of hydrogen-bond acceptors (Lipinski definition) is 4. The van der Waals surface area contributed by atoms with Crippen molar-refractivity contribution in [3.63, 3.8) is 0 Å². The van der Waals surface area contributed by atoms with Crippen molar-refractivity contribution in [2.45, 2.75) is 57.9 Å². The number of piperidine rings is 1. The summed E-state index contributed by atoms with van der Waals surface area (Å²) in [6, 6.07) is 13.9. The number of carbonyl (C=O) groups excluding carboxylic acids is 1. The van der Waals surface area contributed by atoms with Gasteiger partial charge in [-0.3, -0.25) is 9.59 Å². The van der Waals surface area contributed by atoms with Gasteiger partial charge in [0.05, 0.1) is 11.0 Å². The summed E-state index contributed by atoms with van der Waals surface area (Å²) >= 11 is 0. The molecule has 2 heterocycles. The maximum atomic E-state index is 13.4. The van der Waals surface area contributed by atoms with E-state index < -0.39 is 0 Å². The van der Waals surface area contributed by atoms with Crippen molar-refractivity contribution in [1.29, 1.82) is 0 Å². The average Bonchev–Trinajstić information content (AvgIpc) is 2.84. The third kappa shape index (κ3) is 4.14. The molecule has 1 aliphatic heterocycles. The molecule has 0 saturated carbocycles. The lowest BCUT2D eigenvalue weighted by Gasteiger charge is -2.28. The van der Waals surface area contributed by atoms with Crippen LogP contribution in [-0.4, -0.2) is 28.5 Å². The highest BCUT2D eigenvalue weighted by molar-refractivity contribution is 5.91. The number of nitrogens with one attached hydrogen (secondary N) is 1. The van der Waals surface area contributed by atoms with Crippen LogP contribution in [0.15, 0.2) is 47.3 Å². The zero-order chi connectivity index (χ0) is 21.9. The Hall–Kier alpha value is -3.15. The van der Waals surface area contributed by atoms with Gasteiger partial charge in [-0.1, -0.05) is 24.3 Å². The summed E-state index contributed by atoms with van der Waals surface area (Å²) in [4.78, 5) is 33.0. The number of benzene rings is 2. The van der Waals surface area contributed by atoms with E-state index >= 15 is 0 Å². The first kappa shape index (κ1) is 20.7. The molecule has 5 rings (SSSR count). The highest BCUT2D eigenvalue weighted by atomic mass is 16.2. The van der Waals surface area contributed by atoms with Gasteiger partial charge in [-0.05, 0) is 74.3 Å². The Bertz CT molecular complexity index is 1190. The molecular formula is C26H30N4O2. The molecule has 1 saturated heterocycles. The minimum atomic E-state index is -0.101. The van der Waals surface area contributed by atoms with Gasteiger partial charge < -0.3 is 14.8 Å². The van der Waals surface area contributed by atoms with Crippen molar-refractivity contribution in [2.75, 3.05) is 23.3 Å². The van der Waals surface area contributed by atoms with E-state index in [9.17, 15) is 9.59 Å². The number of nitrogens with zero attached hydrogens (tertiary/aromatic N) is 3. The summed E-state index contributed by atoms with van der Waals surface area (Å²) in [6.07, 6.45) is 8.07. The molecule has 6 nitrogen and oxygen atoms in total. The number of aromatic nitrogens is 2. The van der Waals surface area contributed by atoms with E-state index in [0.717, 1.165) is 61.9 Å². The second-order valence-corrected chi connectivity index (χ2v) is 8.88. The van der Waals surface area contributed by atoms with Crippen LogP contribution in [0.1, 0.15) is 49.7 Å². The summed E-state index contributed by atoms with van der Waals surface area (Å²) in [5.41, 5.74) is 5.01. The van der Waals surface area contributed by atoms with Gasteiger partial charge in [0.1, 0.15) is 0 Å². The Kier molecular flexibility index (Phi) is 5.93. The lowest BCUT2D eigenvalue weighted by Crippen LogP contribution is -2.37. The van der Waals surface area contributed by atoms with Crippen LogP contribution >= 0.6 is 0 Å². The van der Waals surface area contributed by atoms with Crippen molar-refractivity contribution in [3.05, 3.63) is 63.9 Å². The maximum absolute atomic E-state index is 13.4. The van der Waals surface area contributed by atoms with E-state index in [-0.39, 0.29) is 17.9 Å². The fraction of sp³-hybridized carbons (Fsp3) is 0.423. The zero-order valence-corrected chi connectivity index (χ0v) is 18.5. The minimum absolute atomic E-state index is 0.0590. The van der Waals surface area contributed by atoms with Crippen molar-refractivity contribution in [3.8, 4) is 0 Å². The van der Waals surface area contributed by atoms with E-state index in [1.165, 1.54) is 24.0 Å². The highest BCUT2D eigenvalue weighted by Crippen LogP contribution is 2.28. The van der Waals surface area contributed by atoms with Gasteiger partial charge in [-0.15, -0.1) is 0 Å². The lowest BCUT2D eigenvalue weighted by molar-refractivity contribution is -0.116. The van der Waals surface area contributed by atoms with Crippen molar-refractivity contribution >= 4 is 28.4 Å². The standard InChI is InChI=1S/C26H30N4O2/c31-24(27-21-13-8-10-19-9-2-3-11-20(19)21)15-18-30-23-14-5-4-12-22(23)28-25(26(30)32)29-16-6-1-7-17-29/h4-5,8,10,12-14H,1-3,6-7,9,11,15-18H2,(H,27,31). The van der Waals surface area contributed by atoms with E-state index in [2.05, 4.69) is 16.3 Å². The van der Waals surface area contributed by atoms with Crippen molar-refractivity contribution in [1.82, 2.24) is 9.55 Å². The van der Waals surface area contributed by atoms with Crippen molar-refractivity contribution in [2.24, 2.45) is 0 Å². The molecule has 1 aromatic heterocycles. The first-order valence-corrected chi connectivity index (χ1v) is 11.9. The van der Waals surface area contributed by atoms with Crippen molar-refractivity contribution < 1.29 is 4.79 Å². The number of carbonyl (C=O) groups is 1. The summed E-state index contributed by atoms with van der Waals surface area (Å²) in [7, 11) is 0. The second kappa shape index (κ2) is 9.15. The Morgan fingerprint density at radius 3 is 2.62 bits per heavy atom. The number of amides is 1. The molecule has 166 valence electrons. The predicted molar refractivity (Wildman–Crippen MR) is 128 cm³/mol. The molecule has 6 heteroatoms. The number of hydrogen-bond donors (Lipinski definition) is 1. The molecule has 0 spiro atoms. The third-order valence-electron chi connectivity index (χ3n) is 6.72. The molecule has 0 atom stereocenters. The van der Waals surface area contributed by atoms with E-state index in [0.29, 0.717) is 12.4 Å². The van der Waals surface area contributed by atoms with Crippen LogP contribution in [0.5, 0.6) is 0 Å². The Morgan fingerprint density at radius 1 is 0.938 bits per heavy atom. The van der Waals surface area contributed by atoms with E-state index in [4.69, 9.17) is 4.98 Å². The molecule has 0 radical (unpaired) electrons. The largest absolute Gasteiger partial charge is 0.352 e. The van der Waals surface area contributed by atoms with Crippen LogP contribution < -0.4 is 15.8 Å². The number of aryl methyl sites for hydroxylation is 2. The fourth-order valence-electron chi connectivity index (χ4n) is 5.04. The van der Waals surface area contributed by atoms with Gasteiger partial charge in [-0.25, -0.2) is 4.98 Å². The summed E-state index contributed by atoms with van der Waals surface area (Å²) in [6.45, 7) is 2.06. The number of fused-ring (bicyclic) bond motifs is 2. The molecule has 1 fully saturated rings. The zero-order valence-electron chi connectivity index (χ0n) is 18.5. The average molecular weight is 431 g/mol. The molecule has 0 unspecified atom stereocenters. The molecule has 1 N–H and O–H groups in total. The van der Waals surface area contributed by atoms with Gasteiger partial charge in [0.25, 0.3) is 5.56 Å². The predicted octanol–water partition coefficient (Wildman–Crippen LogP) is 4.29. The van der Waals surface area contributed by atoms with Gasteiger partial charge >= 0.3 is 0 Å². The smallest absolute Gasteiger partial charge is 0.294 e. The monoisotopic (exact) mass is 430 g/mol. The number of anilines is 2. The summed E-state index contributed by atoms with van der Waals surface area (Å²) in [5, 5.41) is 3.11. The molecule has 1 aliphatic carbocycles. The van der Waals surface area contributed by atoms with E-state index in [1.807, 2.05) is 36.4 Å². The molecule has 1 amide bonds. The molecule has 3 aromatic rings. The van der Waals surface area contributed by atoms with Crippen LogP contribution in [0, 0.1) is 0 Å². The molecule has 2 aromatic carbocycles. The topological polar surface area (TPSA) is 67.2 Å². The number of para-hydroxylation sites is 2. The Morgan fingerprint density at radius 2 is 1.75 bits per heavy atom. The summed E-state index contributed by atoms with van der Waals surface area (Å²) in [5.74, 6) is 0.456. The van der Waals surface area contributed by atoms with E-state index in [1.54, 1.807) is 4.57 Å². The van der Waals surface area contributed by atoms with Crippen LogP contribution in [0.2, 0.25) is 0 Å². The Balaban J connectivity index is 1.39. The maximum Gasteiger partial charge on any atom is 0.294 e. The number of rotatable bonds is 5. The van der Waals surface area contributed by atoms with Crippen LogP contribution in [0.3, 0.4) is 0 Å². The normalized spacial score (nSPS) is 16.1. The van der Waals surface area contributed by atoms with Gasteiger partial charge in [-0.2, -0.15) is 0 Å². The quantitative estimate of drug-likeness (QED) is 0.656. The molecular weight excluding hydrogens is 400 g/mol. The Labute approximate surface area is 188 Å². The van der Waals surface area contributed by atoms with Crippen LogP contribution in [0.25, 0.3) is 11.0 Å². The highest BCUT2D eigenvalue weighted by Gasteiger charge is 2.20. The molecule has 2 aliphatic rings. The van der Waals surface area contributed by atoms with Crippen LogP contribution in [-0.2, 0) is 24.2 Å². The minimum Gasteiger partial charge on any atom is -0.352 e. The molecule has 32 heavy (non-hydrogen) atoms. The molecule has 0 bridgehead atoms. The van der Waals surface area contributed by atoms with Gasteiger partial charge in [0.15, 0.2) is 5.82 Å². The van der Waals surface area contributed by atoms with Crippen LogP contribution in [0.4, 0.5) is 11.5 Å². The summed E-state index contributed by atoms with van der Waals surface area (Å²) < 4.78 is 1.73. The first-order valence-electron chi connectivity index (χ1n) is 11.9. The third-order valence-corrected chi connectivity index (χ3v) is 6.72. The lowest BCUT2D eigenvalue weighted by atomic mass is 9.90. The van der Waals surface area contributed by atoms with Gasteiger partial charge in [0, 0.05) is 31.7 Å². The first-order chi connectivity index (χ1) is 15.7. The van der Waals surface area contributed by atoms with Gasteiger partial charge in [0.2, 0.25) is 5.91 Å². The fourth-order valence-corrected chi connectivity index (χ4v) is 5.04. The second-order valence-electron chi connectivity index (χ2n) is 8.88.